The minimum absolute atomic E-state index is 0.207. The first kappa shape index (κ1) is 13.4. The van der Waals surface area contributed by atoms with Crippen LogP contribution in [0, 0.1) is 0 Å². The summed E-state index contributed by atoms with van der Waals surface area (Å²) >= 11 is 0. The van der Waals surface area contributed by atoms with E-state index in [0.29, 0.717) is 0 Å². The summed E-state index contributed by atoms with van der Waals surface area (Å²) < 4.78 is 9.27. The second-order valence-electron chi connectivity index (χ2n) is 2.84. The van der Waals surface area contributed by atoms with Crippen LogP contribution in [0.15, 0.2) is 0 Å². The maximum atomic E-state index is 11.0. The van der Waals surface area contributed by atoms with Gasteiger partial charge in [-0.2, -0.15) is 0 Å². The number of carbonyl (C=O) groups is 3. The molecule has 15 heavy (non-hydrogen) atoms. The van der Waals surface area contributed by atoms with Crippen molar-refractivity contribution in [3.05, 3.63) is 0 Å². The van der Waals surface area contributed by atoms with E-state index in [1.54, 1.807) is 6.92 Å². The van der Waals surface area contributed by atoms with E-state index in [0.717, 1.165) is 6.92 Å². The number of hydrogen-bond donors (Lipinski definition) is 1. The third-order valence-corrected chi connectivity index (χ3v) is 1.43. The number of rotatable bonds is 6. The van der Waals surface area contributed by atoms with Crippen molar-refractivity contribution < 1.29 is 29.0 Å². The Morgan fingerprint density at radius 1 is 1.27 bits per heavy atom. The lowest BCUT2D eigenvalue weighted by Gasteiger charge is -2.13. The fourth-order valence-electron chi connectivity index (χ4n) is 0.991. The average molecular weight is 218 g/mol. The highest BCUT2D eigenvalue weighted by molar-refractivity contribution is 5.74. The second-order valence-corrected chi connectivity index (χ2v) is 2.84. The summed E-state index contributed by atoms with van der Waals surface area (Å²) in [6.45, 7) is 2.99. The number of carboxylic acids is 1. The Labute approximate surface area is 87.2 Å². The van der Waals surface area contributed by atoms with Gasteiger partial charge in [-0.05, 0) is 6.92 Å². The van der Waals surface area contributed by atoms with Gasteiger partial charge in [0.15, 0.2) is 0 Å². The quantitative estimate of drug-likeness (QED) is 0.647. The van der Waals surface area contributed by atoms with Crippen LogP contribution in [0.1, 0.15) is 26.7 Å². The van der Waals surface area contributed by atoms with Gasteiger partial charge in [0.05, 0.1) is 19.4 Å². The van der Waals surface area contributed by atoms with Crippen molar-refractivity contribution in [3.63, 3.8) is 0 Å². The van der Waals surface area contributed by atoms with Crippen LogP contribution in [0.5, 0.6) is 0 Å². The predicted octanol–water partition coefficient (Wildman–Crippen LogP) is 0.346. The molecule has 0 fully saturated rings. The first-order chi connectivity index (χ1) is 6.95. The van der Waals surface area contributed by atoms with Crippen LogP contribution >= 0.6 is 0 Å². The molecule has 6 heteroatoms. The van der Waals surface area contributed by atoms with Crippen LogP contribution in [0.3, 0.4) is 0 Å². The van der Waals surface area contributed by atoms with Gasteiger partial charge in [0.2, 0.25) is 0 Å². The Bertz CT molecular complexity index is 231. The van der Waals surface area contributed by atoms with E-state index in [1.807, 2.05) is 0 Å². The summed E-state index contributed by atoms with van der Waals surface area (Å²) in [4.78, 5) is 32.0. The normalized spacial score (nSPS) is 11.6. The number of aliphatic carboxylic acids is 1. The molecule has 0 bridgehead atoms. The zero-order valence-corrected chi connectivity index (χ0v) is 8.69. The molecule has 0 aliphatic carbocycles. The Morgan fingerprint density at radius 2 is 1.87 bits per heavy atom. The van der Waals surface area contributed by atoms with Gasteiger partial charge in [0, 0.05) is 6.92 Å². The molecular formula is C9H14O6. The van der Waals surface area contributed by atoms with Gasteiger partial charge in [0.1, 0.15) is 6.10 Å². The van der Waals surface area contributed by atoms with Crippen LogP contribution in [-0.4, -0.2) is 35.7 Å². The summed E-state index contributed by atoms with van der Waals surface area (Å²) in [5.41, 5.74) is 0. The smallest absolute Gasteiger partial charge is 0.309 e. The van der Waals surface area contributed by atoms with Crippen molar-refractivity contribution in [2.24, 2.45) is 0 Å². The molecule has 6 nitrogen and oxygen atoms in total. The molecule has 1 atom stereocenters. The summed E-state index contributed by atoms with van der Waals surface area (Å²) in [6.07, 6.45) is -1.60. The average Bonchev–Trinajstić information content (AvgIpc) is 2.00. The lowest BCUT2D eigenvalue weighted by Crippen LogP contribution is -2.24. The molecule has 0 saturated carbocycles. The molecule has 0 aliphatic heterocycles. The number of esters is 2. The number of carboxylic acid groups (broad SMARTS) is 1. The monoisotopic (exact) mass is 218 g/mol. The van der Waals surface area contributed by atoms with E-state index < -0.39 is 30.4 Å². The summed E-state index contributed by atoms with van der Waals surface area (Å²) in [7, 11) is 0. The van der Waals surface area contributed by atoms with E-state index >= 15 is 0 Å². The van der Waals surface area contributed by atoms with Crippen molar-refractivity contribution in [2.45, 2.75) is 32.8 Å². The Kier molecular flexibility index (Phi) is 6.08. The zero-order valence-electron chi connectivity index (χ0n) is 8.69. The summed E-state index contributed by atoms with van der Waals surface area (Å²) in [5, 5.41) is 8.50. The molecule has 0 unspecified atom stereocenters. The van der Waals surface area contributed by atoms with Crippen LogP contribution in [0.25, 0.3) is 0 Å². The van der Waals surface area contributed by atoms with E-state index in [-0.39, 0.29) is 13.0 Å². The molecule has 0 saturated heterocycles. The van der Waals surface area contributed by atoms with Gasteiger partial charge in [-0.1, -0.05) is 0 Å². The van der Waals surface area contributed by atoms with Crippen LogP contribution in [-0.2, 0) is 23.9 Å². The van der Waals surface area contributed by atoms with E-state index in [2.05, 4.69) is 9.47 Å². The molecule has 0 aromatic heterocycles. The molecular weight excluding hydrogens is 204 g/mol. The predicted molar refractivity (Wildman–Crippen MR) is 49.1 cm³/mol. The highest BCUT2D eigenvalue weighted by atomic mass is 16.6. The minimum Gasteiger partial charge on any atom is -0.481 e. The first-order valence-corrected chi connectivity index (χ1v) is 4.50. The van der Waals surface area contributed by atoms with Crippen LogP contribution in [0.4, 0.5) is 0 Å². The zero-order chi connectivity index (χ0) is 11.8. The lowest BCUT2D eigenvalue weighted by molar-refractivity contribution is -0.155. The molecule has 0 aliphatic rings. The van der Waals surface area contributed by atoms with Crippen molar-refractivity contribution in [1.29, 1.82) is 0 Å². The molecule has 86 valence electrons. The van der Waals surface area contributed by atoms with Gasteiger partial charge in [0.25, 0.3) is 0 Å². The molecule has 0 rings (SSSR count). The molecule has 0 amide bonds. The van der Waals surface area contributed by atoms with Gasteiger partial charge in [-0.15, -0.1) is 0 Å². The number of ether oxygens (including phenoxy) is 2. The van der Waals surface area contributed by atoms with Crippen molar-refractivity contribution >= 4 is 17.9 Å². The SMILES string of the molecule is CCOC(=O)C[C@H](CC(=O)O)OC(C)=O. The lowest BCUT2D eigenvalue weighted by atomic mass is 10.2. The van der Waals surface area contributed by atoms with E-state index in [4.69, 9.17) is 5.11 Å². The van der Waals surface area contributed by atoms with Crippen molar-refractivity contribution in [3.8, 4) is 0 Å². The molecule has 0 aromatic carbocycles. The summed E-state index contributed by atoms with van der Waals surface area (Å²) in [5.74, 6) is -2.33. The molecule has 0 spiro atoms. The molecule has 0 heterocycles. The third kappa shape index (κ3) is 7.48. The molecule has 1 N–H and O–H groups in total. The number of hydrogen-bond acceptors (Lipinski definition) is 5. The third-order valence-electron chi connectivity index (χ3n) is 1.43. The van der Waals surface area contributed by atoms with Gasteiger partial charge >= 0.3 is 17.9 Å². The van der Waals surface area contributed by atoms with Gasteiger partial charge < -0.3 is 14.6 Å². The highest BCUT2D eigenvalue weighted by Gasteiger charge is 2.20. The summed E-state index contributed by atoms with van der Waals surface area (Å²) in [6, 6.07) is 0. The molecule has 0 radical (unpaired) electrons. The van der Waals surface area contributed by atoms with Gasteiger partial charge in [-0.3, -0.25) is 14.4 Å². The number of carbonyl (C=O) groups excluding carboxylic acids is 2. The van der Waals surface area contributed by atoms with Gasteiger partial charge in [-0.25, -0.2) is 0 Å². The Morgan fingerprint density at radius 3 is 2.27 bits per heavy atom. The van der Waals surface area contributed by atoms with Crippen LogP contribution in [0.2, 0.25) is 0 Å². The Balaban J connectivity index is 4.16. The van der Waals surface area contributed by atoms with Crippen molar-refractivity contribution in [2.75, 3.05) is 6.61 Å². The maximum Gasteiger partial charge on any atom is 0.309 e. The largest absolute Gasteiger partial charge is 0.481 e. The van der Waals surface area contributed by atoms with Crippen molar-refractivity contribution in [1.82, 2.24) is 0 Å². The highest BCUT2D eigenvalue weighted by Crippen LogP contribution is 2.06. The Hall–Kier alpha value is -1.59. The standard InChI is InChI=1S/C9H14O6/c1-3-14-9(13)5-7(4-8(11)12)15-6(2)10/h7H,3-5H2,1-2H3,(H,11,12)/t7-/m0/s1. The second kappa shape index (κ2) is 6.80. The topological polar surface area (TPSA) is 89.9 Å². The first-order valence-electron chi connectivity index (χ1n) is 4.50. The minimum atomic E-state index is -1.13. The molecule has 0 aromatic rings. The fourth-order valence-corrected chi connectivity index (χ4v) is 0.991. The maximum absolute atomic E-state index is 11.0. The van der Waals surface area contributed by atoms with E-state index in [1.165, 1.54) is 0 Å². The fraction of sp³-hybridized carbons (Fsp3) is 0.667. The van der Waals surface area contributed by atoms with E-state index in [9.17, 15) is 14.4 Å². The van der Waals surface area contributed by atoms with Crippen LogP contribution < -0.4 is 0 Å².